The molecule has 1 unspecified atom stereocenters. The van der Waals surface area contributed by atoms with Crippen molar-refractivity contribution in [3.63, 3.8) is 0 Å². The zero-order chi connectivity index (χ0) is 13.1. The van der Waals surface area contributed by atoms with Gasteiger partial charge in [0.2, 0.25) is 0 Å². The zero-order valence-electron chi connectivity index (χ0n) is 10.9. The van der Waals surface area contributed by atoms with Crippen molar-refractivity contribution in [2.24, 2.45) is 5.41 Å². The molecule has 0 bridgehead atoms. The summed E-state index contributed by atoms with van der Waals surface area (Å²) in [7, 11) is 1.56. The molecule has 2 N–H and O–H groups in total. The van der Waals surface area contributed by atoms with E-state index in [1.54, 1.807) is 25.6 Å². The molecule has 0 aromatic carbocycles. The Balaban J connectivity index is 2.82. The number of hydrogen-bond donors (Lipinski definition) is 1. The van der Waals surface area contributed by atoms with E-state index in [0.29, 0.717) is 5.69 Å². The van der Waals surface area contributed by atoms with E-state index in [1.165, 1.54) is 0 Å². The number of pyridine rings is 1. The van der Waals surface area contributed by atoms with Gasteiger partial charge >= 0.3 is 0 Å². The fourth-order valence-electron chi connectivity index (χ4n) is 1.83. The predicted octanol–water partition coefficient (Wildman–Crippen LogP) is 1.84. The minimum Gasteiger partial charge on any atom is -0.398 e. The summed E-state index contributed by atoms with van der Waals surface area (Å²) < 4.78 is 5.28. The zero-order valence-corrected chi connectivity index (χ0v) is 10.9. The number of methoxy groups -OCH3 is 1. The molecule has 1 atom stereocenters. The van der Waals surface area contributed by atoms with E-state index in [9.17, 15) is 4.79 Å². The summed E-state index contributed by atoms with van der Waals surface area (Å²) in [5.74, 6) is 0.0275. The van der Waals surface area contributed by atoms with E-state index in [2.05, 4.69) is 4.98 Å². The first-order chi connectivity index (χ1) is 7.86. The van der Waals surface area contributed by atoms with Gasteiger partial charge in [-0.15, -0.1) is 0 Å². The summed E-state index contributed by atoms with van der Waals surface area (Å²) in [5, 5.41) is 0. The highest BCUT2D eigenvalue weighted by atomic mass is 16.5. The molecule has 1 aromatic rings. The number of hydrogen-bond acceptors (Lipinski definition) is 4. The first-order valence-corrected chi connectivity index (χ1v) is 5.60. The molecule has 0 saturated heterocycles. The van der Waals surface area contributed by atoms with Gasteiger partial charge in [0.1, 0.15) is 6.10 Å². The number of anilines is 1. The Hall–Kier alpha value is -1.42. The number of carbonyl (C=O) groups excluding carboxylic acids is 1. The van der Waals surface area contributed by atoms with Gasteiger partial charge in [-0.25, -0.2) is 0 Å². The minimum absolute atomic E-state index is 0.0275. The maximum Gasteiger partial charge on any atom is 0.166 e. The molecule has 0 fully saturated rings. The van der Waals surface area contributed by atoms with Crippen LogP contribution in [0.15, 0.2) is 18.5 Å². The number of nitrogens with two attached hydrogens (primary N) is 1. The molecule has 0 amide bonds. The van der Waals surface area contributed by atoms with Crippen molar-refractivity contribution in [2.75, 3.05) is 12.8 Å². The lowest BCUT2D eigenvalue weighted by Gasteiger charge is -2.28. The minimum atomic E-state index is -0.429. The van der Waals surface area contributed by atoms with Gasteiger partial charge in [0.15, 0.2) is 5.78 Å². The molecule has 4 heteroatoms. The van der Waals surface area contributed by atoms with Gasteiger partial charge in [0, 0.05) is 37.2 Å². The number of rotatable bonds is 4. The van der Waals surface area contributed by atoms with E-state index >= 15 is 0 Å². The van der Waals surface area contributed by atoms with Crippen molar-refractivity contribution >= 4 is 11.5 Å². The average Bonchev–Trinajstić information content (AvgIpc) is 2.20. The maximum atomic E-state index is 12.1. The van der Waals surface area contributed by atoms with Crippen LogP contribution in [0.25, 0.3) is 0 Å². The molecule has 0 aliphatic carbocycles. The number of aromatic nitrogens is 1. The van der Waals surface area contributed by atoms with Crippen LogP contribution in [0.3, 0.4) is 0 Å². The Morgan fingerprint density at radius 3 is 2.65 bits per heavy atom. The summed E-state index contributed by atoms with van der Waals surface area (Å²) in [5.41, 5.74) is 6.92. The smallest absolute Gasteiger partial charge is 0.166 e. The normalized spacial score (nSPS) is 13.4. The summed E-state index contributed by atoms with van der Waals surface area (Å²) >= 11 is 0. The number of Topliss-reactive ketones (excluding diaryl/α,β-unsaturated/α-hetero) is 1. The van der Waals surface area contributed by atoms with Crippen molar-refractivity contribution in [1.82, 2.24) is 4.98 Å². The molecule has 0 aliphatic heterocycles. The number of ether oxygens (including phenoxy) is 1. The van der Waals surface area contributed by atoms with Gasteiger partial charge in [-0.05, 0) is 11.5 Å². The van der Waals surface area contributed by atoms with E-state index in [0.717, 1.165) is 5.56 Å². The van der Waals surface area contributed by atoms with Crippen LogP contribution in [0, 0.1) is 5.41 Å². The largest absolute Gasteiger partial charge is 0.398 e. The predicted molar refractivity (Wildman–Crippen MR) is 67.6 cm³/mol. The summed E-state index contributed by atoms with van der Waals surface area (Å²) in [6.07, 6.45) is 3.07. The highest BCUT2D eigenvalue weighted by Gasteiger charge is 2.31. The third-order valence-corrected chi connectivity index (χ3v) is 2.62. The second kappa shape index (κ2) is 5.27. The first-order valence-electron chi connectivity index (χ1n) is 5.60. The highest BCUT2D eigenvalue weighted by molar-refractivity contribution is 5.86. The molecule has 0 radical (unpaired) electrons. The molecule has 1 aromatic heterocycles. The van der Waals surface area contributed by atoms with Gasteiger partial charge in [-0.3, -0.25) is 9.78 Å². The van der Waals surface area contributed by atoms with E-state index in [-0.39, 0.29) is 17.6 Å². The molecular weight excluding hydrogens is 216 g/mol. The molecule has 17 heavy (non-hydrogen) atoms. The molecular formula is C13H20N2O2. The topological polar surface area (TPSA) is 65.2 Å². The number of nitrogen functional groups attached to an aromatic ring is 1. The lowest BCUT2D eigenvalue weighted by Crippen LogP contribution is -2.37. The molecule has 4 nitrogen and oxygen atoms in total. The van der Waals surface area contributed by atoms with Crippen molar-refractivity contribution < 1.29 is 9.53 Å². The standard InChI is InChI=1S/C13H20N2O2/c1-13(2,3)12(17-4)11(16)7-9-8-15-6-5-10(9)14/h5-6,8,12H,7H2,1-4H3,(H2,14,15). The van der Waals surface area contributed by atoms with Crippen LogP contribution in [0.4, 0.5) is 5.69 Å². The van der Waals surface area contributed by atoms with Crippen LogP contribution in [0.5, 0.6) is 0 Å². The van der Waals surface area contributed by atoms with Crippen molar-refractivity contribution in [2.45, 2.75) is 33.3 Å². The Morgan fingerprint density at radius 1 is 1.53 bits per heavy atom. The molecule has 0 saturated carbocycles. The fraction of sp³-hybridized carbons (Fsp3) is 0.538. The molecule has 1 rings (SSSR count). The number of nitrogens with zero attached hydrogens (tertiary/aromatic N) is 1. The van der Waals surface area contributed by atoms with E-state index in [1.807, 2.05) is 20.8 Å². The fourth-order valence-corrected chi connectivity index (χ4v) is 1.83. The van der Waals surface area contributed by atoms with Crippen molar-refractivity contribution in [1.29, 1.82) is 0 Å². The lowest BCUT2D eigenvalue weighted by molar-refractivity contribution is -0.134. The van der Waals surface area contributed by atoms with E-state index in [4.69, 9.17) is 10.5 Å². The first kappa shape index (κ1) is 13.6. The van der Waals surface area contributed by atoms with Crippen LogP contribution in [-0.2, 0) is 16.0 Å². The van der Waals surface area contributed by atoms with Gasteiger partial charge in [-0.1, -0.05) is 20.8 Å². The lowest BCUT2D eigenvalue weighted by atomic mass is 9.84. The number of ketones is 1. The summed E-state index contributed by atoms with van der Waals surface area (Å²) in [6.45, 7) is 5.93. The Morgan fingerprint density at radius 2 is 2.18 bits per heavy atom. The van der Waals surface area contributed by atoms with Crippen LogP contribution in [-0.4, -0.2) is 24.0 Å². The third-order valence-electron chi connectivity index (χ3n) is 2.62. The molecule has 0 aliphatic rings. The highest BCUT2D eigenvalue weighted by Crippen LogP contribution is 2.24. The van der Waals surface area contributed by atoms with Crippen LogP contribution >= 0.6 is 0 Å². The molecule has 1 heterocycles. The Kier molecular flexibility index (Phi) is 4.23. The maximum absolute atomic E-state index is 12.1. The third kappa shape index (κ3) is 3.53. The van der Waals surface area contributed by atoms with Crippen LogP contribution < -0.4 is 5.73 Å². The Labute approximate surface area is 102 Å². The van der Waals surface area contributed by atoms with Gasteiger partial charge < -0.3 is 10.5 Å². The monoisotopic (exact) mass is 236 g/mol. The van der Waals surface area contributed by atoms with Gasteiger partial charge in [-0.2, -0.15) is 0 Å². The van der Waals surface area contributed by atoms with Crippen molar-refractivity contribution in [3.8, 4) is 0 Å². The molecule has 0 spiro atoms. The van der Waals surface area contributed by atoms with Crippen molar-refractivity contribution in [3.05, 3.63) is 24.0 Å². The average molecular weight is 236 g/mol. The SMILES string of the molecule is COC(C(=O)Cc1cnccc1N)C(C)(C)C. The second-order valence-electron chi connectivity index (χ2n) is 5.20. The van der Waals surface area contributed by atoms with Gasteiger partial charge in [0.05, 0.1) is 0 Å². The van der Waals surface area contributed by atoms with Crippen LogP contribution in [0.1, 0.15) is 26.3 Å². The second-order valence-corrected chi connectivity index (χ2v) is 5.20. The summed E-state index contributed by atoms with van der Waals surface area (Å²) in [6, 6.07) is 1.70. The quantitative estimate of drug-likeness (QED) is 0.866. The number of carbonyl (C=O) groups is 1. The van der Waals surface area contributed by atoms with Gasteiger partial charge in [0.25, 0.3) is 0 Å². The Bertz CT molecular complexity index is 397. The van der Waals surface area contributed by atoms with E-state index < -0.39 is 6.10 Å². The van der Waals surface area contributed by atoms with Crippen LogP contribution in [0.2, 0.25) is 0 Å². The summed E-state index contributed by atoms with van der Waals surface area (Å²) in [4.78, 5) is 16.1. The molecule has 94 valence electrons.